The number of hydrogen-bond donors (Lipinski definition) is 0. The quantitative estimate of drug-likeness (QED) is 0.135. The summed E-state index contributed by atoms with van der Waals surface area (Å²) in [5, 5.41) is 0. The Morgan fingerprint density at radius 1 is 0.878 bits per heavy atom. The molecular weight excluding hydrogens is 603 g/mol. The lowest BCUT2D eigenvalue weighted by atomic mass is 9.83. The van der Waals surface area contributed by atoms with Crippen molar-refractivity contribution in [1.29, 1.82) is 0 Å². The van der Waals surface area contributed by atoms with Gasteiger partial charge in [-0.2, -0.15) is 4.99 Å². The van der Waals surface area contributed by atoms with Crippen molar-refractivity contribution in [2.24, 2.45) is 15.4 Å². The van der Waals surface area contributed by atoms with E-state index < -0.39 is 0 Å². The van der Waals surface area contributed by atoms with Gasteiger partial charge in [0.1, 0.15) is 5.84 Å². The fourth-order valence-corrected chi connectivity index (χ4v) is 6.01. The van der Waals surface area contributed by atoms with Gasteiger partial charge in [-0.25, -0.2) is 4.99 Å². The predicted octanol–water partition coefficient (Wildman–Crippen LogP) is 11.8. The summed E-state index contributed by atoms with van der Waals surface area (Å²) in [7, 11) is 3.11. The lowest BCUT2D eigenvalue weighted by Gasteiger charge is -2.34. The lowest BCUT2D eigenvalue weighted by Crippen LogP contribution is -2.33. The van der Waals surface area contributed by atoms with Gasteiger partial charge in [0.15, 0.2) is 0 Å². The Balaban J connectivity index is 0.00000319. The van der Waals surface area contributed by atoms with Crippen molar-refractivity contribution in [1.82, 2.24) is 4.90 Å². The van der Waals surface area contributed by atoms with Crippen molar-refractivity contribution in [2.45, 2.75) is 100 Å². The number of aliphatic imine (C=N–C) groups is 2. The van der Waals surface area contributed by atoms with Crippen LogP contribution in [0.4, 0.5) is 0 Å². The van der Waals surface area contributed by atoms with Gasteiger partial charge >= 0.3 is 6.08 Å². The van der Waals surface area contributed by atoms with E-state index in [9.17, 15) is 0 Å². The van der Waals surface area contributed by atoms with Crippen molar-refractivity contribution in [3.05, 3.63) is 125 Å². The summed E-state index contributed by atoms with van der Waals surface area (Å²) in [6.07, 6.45) is 8.13. The summed E-state index contributed by atoms with van der Waals surface area (Å²) in [6.45, 7) is 22.7. The van der Waals surface area contributed by atoms with Crippen LogP contribution in [-0.2, 0) is 28.9 Å². The molecule has 1 aliphatic heterocycles. The van der Waals surface area contributed by atoms with Crippen molar-refractivity contribution in [2.75, 3.05) is 14.2 Å². The van der Waals surface area contributed by atoms with E-state index in [1.54, 1.807) is 14.2 Å². The molecule has 0 unspecified atom stereocenters. The molecule has 5 nitrogen and oxygen atoms in total. The van der Waals surface area contributed by atoms with E-state index in [-0.39, 0.29) is 6.08 Å². The SMILES string of the molecule is C=C1C(Cc2ccc(CC(C)(C)CC)cc2)=C(CC)N=C(CCC)N1Cc1ccc(-c2ccccc2/C(=C\C)N=C(OC)OC)cc1.CC. The summed E-state index contributed by atoms with van der Waals surface area (Å²) in [5.74, 6) is 1.10. The van der Waals surface area contributed by atoms with Crippen LogP contribution >= 0.6 is 0 Å². The van der Waals surface area contributed by atoms with Crippen LogP contribution in [0.25, 0.3) is 16.8 Å². The van der Waals surface area contributed by atoms with Crippen molar-refractivity contribution in [3.63, 3.8) is 0 Å². The van der Waals surface area contributed by atoms with Gasteiger partial charge in [0, 0.05) is 41.9 Å². The number of hydrogen-bond acceptors (Lipinski definition) is 5. The third-order valence-electron chi connectivity index (χ3n) is 9.09. The molecule has 0 spiro atoms. The smallest absolute Gasteiger partial charge is 0.388 e. The van der Waals surface area contributed by atoms with Crippen LogP contribution < -0.4 is 0 Å². The summed E-state index contributed by atoms with van der Waals surface area (Å²) in [5.41, 5.74) is 11.7. The highest BCUT2D eigenvalue weighted by atomic mass is 16.7. The molecule has 1 heterocycles. The summed E-state index contributed by atoms with van der Waals surface area (Å²) >= 11 is 0. The number of rotatable bonds is 13. The average molecular weight is 662 g/mol. The second-order valence-electron chi connectivity index (χ2n) is 13.0. The Kier molecular flexibility index (Phi) is 15.1. The zero-order valence-corrected chi connectivity index (χ0v) is 31.8. The molecule has 0 aliphatic carbocycles. The van der Waals surface area contributed by atoms with Crippen LogP contribution in [0, 0.1) is 5.41 Å². The molecule has 0 N–H and O–H groups in total. The highest BCUT2D eigenvalue weighted by Crippen LogP contribution is 2.34. The van der Waals surface area contributed by atoms with Gasteiger partial charge in [-0.15, -0.1) is 0 Å². The Hall–Kier alpha value is -4.38. The number of amidine groups is 1. The van der Waals surface area contributed by atoms with Crippen LogP contribution in [0.2, 0.25) is 0 Å². The molecule has 262 valence electrons. The first-order valence-electron chi connectivity index (χ1n) is 18.0. The van der Waals surface area contributed by atoms with Crippen LogP contribution in [0.1, 0.15) is 103 Å². The molecule has 0 atom stereocenters. The first kappa shape index (κ1) is 39.1. The van der Waals surface area contributed by atoms with Gasteiger partial charge in [0.2, 0.25) is 0 Å². The van der Waals surface area contributed by atoms with Crippen LogP contribution in [0.5, 0.6) is 0 Å². The van der Waals surface area contributed by atoms with E-state index in [1.165, 1.54) is 28.7 Å². The van der Waals surface area contributed by atoms with E-state index in [4.69, 9.17) is 14.5 Å². The highest BCUT2D eigenvalue weighted by molar-refractivity contribution is 5.88. The van der Waals surface area contributed by atoms with Gasteiger partial charge in [0.05, 0.1) is 19.9 Å². The maximum atomic E-state index is 5.26. The van der Waals surface area contributed by atoms with E-state index in [2.05, 4.69) is 118 Å². The third kappa shape index (κ3) is 10.3. The van der Waals surface area contributed by atoms with Gasteiger partial charge in [-0.1, -0.05) is 140 Å². The minimum absolute atomic E-state index is 0.224. The van der Waals surface area contributed by atoms with E-state index in [0.717, 1.165) is 78.3 Å². The fourth-order valence-electron chi connectivity index (χ4n) is 6.01. The number of ether oxygens (including phenoxy) is 2. The maximum Gasteiger partial charge on any atom is 0.388 e. The zero-order chi connectivity index (χ0) is 36.0. The first-order chi connectivity index (χ1) is 23.7. The normalized spacial score (nSPS) is 13.4. The predicted molar refractivity (Wildman–Crippen MR) is 211 cm³/mol. The van der Waals surface area contributed by atoms with Crippen LogP contribution in [0.3, 0.4) is 0 Å². The molecule has 1 aliphatic rings. The molecule has 0 radical (unpaired) electrons. The molecule has 0 aromatic heterocycles. The van der Waals surface area contributed by atoms with Crippen molar-refractivity contribution in [3.8, 4) is 11.1 Å². The monoisotopic (exact) mass is 661 g/mol. The summed E-state index contributed by atoms with van der Waals surface area (Å²) in [6, 6.07) is 26.3. The summed E-state index contributed by atoms with van der Waals surface area (Å²) in [4.78, 5) is 12.2. The van der Waals surface area contributed by atoms with E-state index >= 15 is 0 Å². The fraction of sp³-hybridized carbons (Fsp3) is 0.409. The Bertz CT molecular complexity index is 1630. The minimum Gasteiger partial charge on any atom is -0.454 e. The zero-order valence-electron chi connectivity index (χ0n) is 31.8. The topological polar surface area (TPSA) is 46.4 Å². The largest absolute Gasteiger partial charge is 0.454 e. The molecule has 3 aromatic carbocycles. The highest BCUT2D eigenvalue weighted by Gasteiger charge is 2.25. The Morgan fingerprint density at radius 2 is 1.49 bits per heavy atom. The minimum atomic E-state index is 0.224. The van der Waals surface area contributed by atoms with Crippen molar-refractivity contribution < 1.29 is 9.47 Å². The number of allylic oxidation sites excluding steroid dienone is 3. The molecule has 0 fully saturated rings. The van der Waals surface area contributed by atoms with Crippen LogP contribution in [-0.4, -0.2) is 31.0 Å². The molecule has 5 heteroatoms. The Morgan fingerprint density at radius 3 is 2.06 bits per heavy atom. The van der Waals surface area contributed by atoms with Gasteiger partial charge in [0.25, 0.3) is 0 Å². The standard InChI is InChI=1S/C42H53N3O2.C2H6/c1-10-16-40-43-39(12-3)37(27-31-19-21-32(22-20-31)28-42(6,7)13-4)30(5)45(40)29-33-23-25-34(26-24-33)35-17-14-15-18-36(35)38(11-2)44-41(46-8)47-9;1-2/h11,14-15,17-26H,5,10,12-13,16,27-29H2,1-4,6-9H3;1-2H3/b38-11+;. The molecular formula is C44H59N3O2. The van der Waals surface area contributed by atoms with Gasteiger partial charge in [-0.05, 0) is 59.4 Å². The molecule has 0 bridgehead atoms. The van der Waals surface area contributed by atoms with Crippen molar-refractivity contribution >= 4 is 17.6 Å². The molecule has 0 amide bonds. The molecule has 4 rings (SSSR count). The summed E-state index contributed by atoms with van der Waals surface area (Å²) < 4.78 is 10.5. The van der Waals surface area contributed by atoms with Gasteiger partial charge in [-0.3, -0.25) is 0 Å². The molecule has 3 aromatic rings. The molecule has 0 saturated carbocycles. The van der Waals surface area contributed by atoms with Gasteiger partial charge < -0.3 is 14.4 Å². The van der Waals surface area contributed by atoms with Crippen LogP contribution in [0.15, 0.2) is 112 Å². The molecule has 49 heavy (non-hydrogen) atoms. The maximum absolute atomic E-state index is 5.26. The second kappa shape index (κ2) is 19.0. The number of benzene rings is 3. The second-order valence-corrected chi connectivity index (χ2v) is 13.0. The van der Waals surface area contributed by atoms with E-state index in [1.807, 2.05) is 32.9 Å². The van der Waals surface area contributed by atoms with E-state index in [0.29, 0.717) is 5.41 Å². The number of methoxy groups -OCH3 is 2. The number of nitrogens with zero attached hydrogens (tertiary/aromatic N) is 3. The Labute approximate surface area is 297 Å². The first-order valence-corrected chi connectivity index (χ1v) is 18.0. The molecule has 0 saturated heterocycles. The lowest BCUT2D eigenvalue weighted by molar-refractivity contribution is 0.243. The third-order valence-corrected chi connectivity index (χ3v) is 9.09. The average Bonchev–Trinajstić information content (AvgIpc) is 3.13.